The second kappa shape index (κ2) is 4.37. The molecule has 0 saturated carbocycles. The van der Waals surface area contributed by atoms with Crippen LogP contribution in [-0.2, 0) is 0 Å². The fraction of sp³-hybridized carbons (Fsp3) is 0.600. The van der Waals surface area contributed by atoms with Crippen LogP contribution in [0.3, 0.4) is 0 Å². The lowest BCUT2D eigenvalue weighted by molar-refractivity contribution is 0.479. The average molecular weight is 192 g/mol. The predicted molar refractivity (Wildman–Crippen MR) is 56.3 cm³/mol. The van der Waals surface area contributed by atoms with E-state index in [0.717, 1.165) is 24.7 Å². The van der Waals surface area contributed by atoms with Gasteiger partial charge in [-0.3, -0.25) is 0 Å². The number of aromatic nitrogens is 2. The first-order valence-electron chi connectivity index (χ1n) is 5.11. The number of nitrogens with zero attached hydrogens (tertiary/aromatic N) is 2. The minimum absolute atomic E-state index is 0.512. The summed E-state index contributed by atoms with van der Waals surface area (Å²) in [7, 11) is 0. The lowest BCUT2D eigenvalue weighted by Crippen LogP contribution is -2.38. The van der Waals surface area contributed by atoms with E-state index in [0.29, 0.717) is 6.04 Å². The molecule has 1 saturated heterocycles. The van der Waals surface area contributed by atoms with Gasteiger partial charge in [-0.1, -0.05) is 0 Å². The van der Waals surface area contributed by atoms with Crippen molar-refractivity contribution >= 4 is 5.82 Å². The molecule has 1 fully saturated rings. The van der Waals surface area contributed by atoms with Gasteiger partial charge in [0.05, 0.1) is 0 Å². The van der Waals surface area contributed by atoms with E-state index in [-0.39, 0.29) is 0 Å². The van der Waals surface area contributed by atoms with Gasteiger partial charge in [0.1, 0.15) is 11.6 Å². The molecule has 76 valence electrons. The van der Waals surface area contributed by atoms with Crippen LogP contribution in [0.4, 0.5) is 5.82 Å². The largest absolute Gasteiger partial charge is 0.366 e. The molecule has 0 radical (unpaired) electrons. The molecule has 0 aromatic carbocycles. The summed E-state index contributed by atoms with van der Waals surface area (Å²) in [5.74, 6) is 1.75. The fourth-order valence-electron chi connectivity index (χ4n) is 1.72. The van der Waals surface area contributed by atoms with Crippen LogP contribution in [0.15, 0.2) is 12.3 Å². The number of nitrogens with one attached hydrogen (secondary N) is 2. The Balaban J connectivity index is 1.95. The summed E-state index contributed by atoms with van der Waals surface area (Å²) in [6.07, 6.45) is 4.25. The molecule has 0 spiro atoms. The summed E-state index contributed by atoms with van der Waals surface area (Å²) >= 11 is 0. The van der Waals surface area contributed by atoms with Crippen LogP contribution in [-0.4, -0.2) is 29.1 Å². The molecule has 0 aliphatic carbocycles. The van der Waals surface area contributed by atoms with E-state index in [1.165, 1.54) is 12.8 Å². The normalized spacial score (nSPS) is 21.9. The highest BCUT2D eigenvalue weighted by atomic mass is 15.1. The van der Waals surface area contributed by atoms with Gasteiger partial charge in [-0.05, 0) is 32.4 Å². The molecule has 0 unspecified atom stereocenters. The van der Waals surface area contributed by atoms with Crippen molar-refractivity contribution in [3.05, 3.63) is 18.1 Å². The van der Waals surface area contributed by atoms with Gasteiger partial charge < -0.3 is 10.6 Å². The molecular weight excluding hydrogens is 176 g/mol. The standard InChI is InChI=1S/C10H16N4/c1-8-12-6-4-10(13-8)14-9-3-2-5-11-7-9/h4,6,9,11H,2-3,5,7H2,1H3,(H,12,13,14)/t9-/m1/s1. The van der Waals surface area contributed by atoms with Gasteiger partial charge in [-0.25, -0.2) is 9.97 Å². The number of aryl methyl sites for hydroxylation is 1. The van der Waals surface area contributed by atoms with Crippen molar-refractivity contribution in [2.75, 3.05) is 18.4 Å². The third-order valence-electron chi connectivity index (χ3n) is 2.42. The summed E-state index contributed by atoms with van der Waals surface area (Å²) in [4.78, 5) is 8.38. The van der Waals surface area contributed by atoms with Gasteiger partial charge in [-0.15, -0.1) is 0 Å². The number of hydrogen-bond donors (Lipinski definition) is 2. The molecular formula is C10H16N4. The maximum Gasteiger partial charge on any atom is 0.129 e. The van der Waals surface area contributed by atoms with E-state index in [2.05, 4.69) is 20.6 Å². The van der Waals surface area contributed by atoms with Crippen LogP contribution >= 0.6 is 0 Å². The first-order valence-corrected chi connectivity index (χ1v) is 5.11. The van der Waals surface area contributed by atoms with E-state index >= 15 is 0 Å². The van der Waals surface area contributed by atoms with Gasteiger partial charge in [0, 0.05) is 18.8 Å². The lowest BCUT2D eigenvalue weighted by atomic mass is 10.1. The molecule has 14 heavy (non-hydrogen) atoms. The Morgan fingerprint density at radius 2 is 2.50 bits per heavy atom. The quantitative estimate of drug-likeness (QED) is 0.732. The Kier molecular flexibility index (Phi) is 2.93. The van der Waals surface area contributed by atoms with Crippen molar-refractivity contribution in [2.45, 2.75) is 25.8 Å². The minimum Gasteiger partial charge on any atom is -0.366 e. The predicted octanol–water partition coefficient (Wildman–Crippen LogP) is 0.949. The molecule has 0 amide bonds. The van der Waals surface area contributed by atoms with Crippen molar-refractivity contribution in [1.82, 2.24) is 15.3 Å². The number of piperidine rings is 1. The Bertz CT molecular complexity index is 294. The maximum absolute atomic E-state index is 4.32. The zero-order chi connectivity index (χ0) is 9.80. The van der Waals surface area contributed by atoms with Crippen molar-refractivity contribution in [2.24, 2.45) is 0 Å². The second-order valence-electron chi connectivity index (χ2n) is 3.68. The SMILES string of the molecule is Cc1nccc(N[C@@H]2CCCNC2)n1. The van der Waals surface area contributed by atoms with Crippen LogP contribution in [0.1, 0.15) is 18.7 Å². The average Bonchev–Trinajstić information content (AvgIpc) is 2.19. The third kappa shape index (κ3) is 2.42. The highest BCUT2D eigenvalue weighted by molar-refractivity contribution is 5.34. The number of hydrogen-bond acceptors (Lipinski definition) is 4. The first kappa shape index (κ1) is 9.40. The summed E-state index contributed by atoms with van der Waals surface area (Å²) in [5, 5.41) is 6.77. The van der Waals surface area contributed by atoms with Gasteiger partial charge >= 0.3 is 0 Å². The van der Waals surface area contributed by atoms with Crippen molar-refractivity contribution < 1.29 is 0 Å². The molecule has 1 atom stereocenters. The zero-order valence-corrected chi connectivity index (χ0v) is 8.45. The summed E-state index contributed by atoms with van der Waals surface area (Å²) in [6, 6.07) is 2.43. The van der Waals surface area contributed by atoms with Crippen molar-refractivity contribution in [3.8, 4) is 0 Å². The molecule has 4 heteroatoms. The fourth-order valence-corrected chi connectivity index (χ4v) is 1.72. The maximum atomic E-state index is 4.32. The molecule has 2 rings (SSSR count). The lowest BCUT2D eigenvalue weighted by Gasteiger charge is -2.24. The van der Waals surface area contributed by atoms with Gasteiger partial charge in [-0.2, -0.15) is 0 Å². The minimum atomic E-state index is 0.512. The third-order valence-corrected chi connectivity index (χ3v) is 2.42. The Labute approximate surface area is 84.2 Å². The van der Waals surface area contributed by atoms with Crippen molar-refractivity contribution in [3.63, 3.8) is 0 Å². The molecule has 1 aromatic heterocycles. The highest BCUT2D eigenvalue weighted by Gasteiger charge is 2.12. The van der Waals surface area contributed by atoms with E-state index in [1.807, 2.05) is 13.0 Å². The Morgan fingerprint density at radius 1 is 1.57 bits per heavy atom. The monoisotopic (exact) mass is 192 g/mol. The van der Waals surface area contributed by atoms with E-state index in [1.54, 1.807) is 6.20 Å². The van der Waals surface area contributed by atoms with Gasteiger partial charge in [0.2, 0.25) is 0 Å². The number of anilines is 1. The Hall–Kier alpha value is -1.16. The molecule has 2 N–H and O–H groups in total. The first-order chi connectivity index (χ1) is 6.84. The topological polar surface area (TPSA) is 49.8 Å². The molecule has 1 aliphatic heterocycles. The van der Waals surface area contributed by atoms with Crippen LogP contribution in [0.5, 0.6) is 0 Å². The smallest absolute Gasteiger partial charge is 0.129 e. The van der Waals surface area contributed by atoms with E-state index in [9.17, 15) is 0 Å². The van der Waals surface area contributed by atoms with Crippen LogP contribution in [0, 0.1) is 6.92 Å². The zero-order valence-electron chi connectivity index (χ0n) is 8.45. The molecule has 1 aliphatic rings. The second-order valence-corrected chi connectivity index (χ2v) is 3.68. The molecule has 4 nitrogen and oxygen atoms in total. The van der Waals surface area contributed by atoms with E-state index in [4.69, 9.17) is 0 Å². The van der Waals surface area contributed by atoms with Gasteiger partial charge in [0.25, 0.3) is 0 Å². The molecule has 1 aromatic rings. The van der Waals surface area contributed by atoms with Crippen molar-refractivity contribution in [1.29, 1.82) is 0 Å². The molecule has 2 heterocycles. The highest BCUT2D eigenvalue weighted by Crippen LogP contribution is 2.09. The number of rotatable bonds is 2. The summed E-state index contributed by atoms with van der Waals surface area (Å²) < 4.78 is 0. The summed E-state index contributed by atoms with van der Waals surface area (Å²) in [6.45, 7) is 4.08. The van der Waals surface area contributed by atoms with E-state index < -0.39 is 0 Å². The van der Waals surface area contributed by atoms with Crippen LogP contribution in [0.25, 0.3) is 0 Å². The van der Waals surface area contributed by atoms with Crippen LogP contribution in [0.2, 0.25) is 0 Å². The van der Waals surface area contributed by atoms with Gasteiger partial charge in [0.15, 0.2) is 0 Å². The summed E-state index contributed by atoms with van der Waals surface area (Å²) in [5.41, 5.74) is 0. The molecule has 0 bridgehead atoms. The Morgan fingerprint density at radius 3 is 3.21 bits per heavy atom. The van der Waals surface area contributed by atoms with Crippen LogP contribution < -0.4 is 10.6 Å².